The number of hydrogen-bond acceptors (Lipinski definition) is 3. The van der Waals surface area contributed by atoms with Crippen LogP contribution in [0.2, 0.25) is 0 Å². The topological polar surface area (TPSA) is 79.5 Å². The van der Waals surface area contributed by atoms with Crippen LogP contribution in [-0.4, -0.2) is 11.9 Å². The van der Waals surface area contributed by atoms with E-state index in [-0.39, 0.29) is 6.03 Å². The molecule has 0 saturated carbocycles. The number of carbonyl (C=O) groups is 1. The van der Waals surface area contributed by atoms with Crippen molar-refractivity contribution in [3.63, 3.8) is 0 Å². The highest BCUT2D eigenvalue weighted by atomic mass is 79.9. The Balaban J connectivity index is 1.72. The Bertz CT molecular complexity index is 885. The predicted molar refractivity (Wildman–Crippen MR) is 110 cm³/mol. The Morgan fingerprint density at radius 1 is 1.08 bits per heavy atom. The number of aliphatic imine (C=N–C) groups is 1. The minimum absolute atomic E-state index is 0.310. The number of nitrogens with one attached hydrogen (secondary N) is 2. The third-order valence-electron chi connectivity index (χ3n) is 3.70. The highest BCUT2D eigenvalue weighted by molar-refractivity contribution is 9.11. The Morgan fingerprint density at radius 2 is 1.76 bits per heavy atom. The minimum Gasteiger partial charge on any atom is -0.387 e. The van der Waals surface area contributed by atoms with E-state index in [2.05, 4.69) is 47.5 Å². The van der Waals surface area contributed by atoms with E-state index < -0.39 is 0 Å². The molecule has 0 fully saturated rings. The zero-order valence-corrected chi connectivity index (χ0v) is 16.6. The molecule has 0 radical (unpaired) electrons. The van der Waals surface area contributed by atoms with Gasteiger partial charge in [0.25, 0.3) is 0 Å². The fourth-order valence-corrected chi connectivity index (χ4v) is 3.94. The summed E-state index contributed by atoms with van der Waals surface area (Å²) in [6.07, 6.45) is 0.632. The summed E-state index contributed by atoms with van der Waals surface area (Å²) in [5.41, 5.74) is 10.2. The zero-order chi connectivity index (χ0) is 18.0. The molecule has 1 aliphatic heterocycles. The summed E-state index contributed by atoms with van der Waals surface area (Å²) < 4.78 is 1.75. The van der Waals surface area contributed by atoms with E-state index in [0.29, 0.717) is 23.6 Å². The second kappa shape index (κ2) is 7.41. The van der Waals surface area contributed by atoms with Crippen LogP contribution in [0, 0.1) is 0 Å². The molecule has 1 heterocycles. The van der Waals surface area contributed by atoms with Gasteiger partial charge in [0, 0.05) is 32.4 Å². The van der Waals surface area contributed by atoms with Crippen LogP contribution in [0.15, 0.2) is 62.1 Å². The normalized spacial score (nSPS) is 13.6. The largest absolute Gasteiger partial charge is 0.387 e. The first-order valence-corrected chi connectivity index (χ1v) is 9.16. The second-order valence-corrected chi connectivity index (χ2v) is 7.49. The number of nitrogens with two attached hydrogens (primary N) is 1. The fourth-order valence-electron chi connectivity index (χ4n) is 2.65. The third-order valence-corrected chi connectivity index (χ3v) is 4.61. The predicted octanol–water partition coefficient (Wildman–Crippen LogP) is 5.35. The summed E-state index contributed by atoms with van der Waals surface area (Å²) in [5.74, 6) is 0.615. The summed E-state index contributed by atoms with van der Waals surface area (Å²) in [6.45, 7) is 1.94. The van der Waals surface area contributed by atoms with Gasteiger partial charge in [-0.15, -0.1) is 0 Å². The first-order valence-electron chi connectivity index (χ1n) is 7.58. The van der Waals surface area contributed by atoms with Crippen LogP contribution in [-0.2, 0) is 0 Å². The lowest BCUT2D eigenvalue weighted by molar-refractivity contribution is 0.262. The van der Waals surface area contributed by atoms with Crippen molar-refractivity contribution in [3.8, 4) is 0 Å². The number of benzene rings is 2. The maximum absolute atomic E-state index is 12.2. The molecule has 0 unspecified atom stereocenters. The minimum atomic E-state index is -0.310. The van der Waals surface area contributed by atoms with Gasteiger partial charge in [0.2, 0.25) is 0 Å². The van der Waals surface area contributed by atoms with Crippen molar-refractivity contribution in [2.75, 3.05) is 10.6 Å². The molecule has 2 aromatic carbocycles. The van der Waals surface area contributed by atoms with E-state index in [0.717, 1.165) is 25.8 Å². The molecular weight excluding hydrogens is 448 g/mol. The van der Waals surface area contributed by atoms with E-state index in [1.54, 1.807) is 0 Å². The summed E-state index contributed by atoms with van der Waals surface area (Å²) in [6, 6.07) is 12.9. The third kappa shape index (κ3) is 4.49. The van der Waals surface area contributed by atoms with E-state index in [9.17, 15) is 4.79 Å². The van der Waals surface area contributed by atoms with Crippen LogP contribution in [0.1, 0.15) is 18.9 Å². The van der Waals surface area contributed by atoms with Crippen molar-refractivity contribution in [1.82, 2.24) is 0 Å². The SMILES string of the molecule is CC1=C(c2cccc(NC(=O)Nc3cc(Br)cc(Br)c3)c2)CC(N)=N1. The van der Waals surface area contributed by atoms with Crippen molar-refractivity contribution in [3.05, 3.63) is 62.7 Å². The number of carbonyl (C=O) groups excluding carboxylic acids is 1. The highest BCUT2D eigenvalue weighted by Gasteiger charge is 2.15. The van der Waals surface area contributed by atoms with Crippen LogP contribution >= 0.6 is 31.9 Å². The molecule has 0 aliphatic carbocycles. The molecular formula is C18H16Br2N4O. The van der Waals surface area contributed by atoms with Gasteiger partial charge in [0.1, 0.15) is 5.84 Å². The molecule has 1 aliphatic rings. The van der Waals surface area contributed by atoms with Crippen LogP contribution in [0.3, 0.4) is 0 Å². The zero-order valence-electron chi connectivity index (χ0n) is 13.4. The molecule has 0 aromatic heterocycles. The van der Waals surface area contributed by atoms with Crippen molar-refractivity contribution >= 4 is 60.7 Å². The molecule has 0 saturated heterocycles. The Labute approximate surface area is 162 Å². The molecule has 3 rings (SSSR count). The van der Waals surface area contributed by atoms with Crippen LogP contribution in [0.4, 0.5) is 16.2 Å². The van der Waals surface area contributed by atoms with Gasteiger partial charge in [0.15, 0.2) is 0 Å². The summed E-state index contributed by atoms with van der Waals surface area (Å²) in [7, 11) is 0. The van der Waals surface area contributed by atoms with Crippen molar-refractivity contribution in [2.24, 2.45) is 10.7 Å². The highest BCUT2D eigenvalue weighted by Crippen LogP contribution is 2.29. The average molecular weight is 464 g/mol. The molecule has 5 nitrogen and oxygen atoms in total. The van der Waals surface area contributed by atoms with Gasteiger partial charge in [0.05, 0.1) is 0 Å². The first-order chi connectivity index (χ1) is 11.9. The monoisotopic (exact) mass is 462 g/mol. The van der Waals surface area contributed by atoms with E-state index in [1.807, 2.05) is 49.4 Å². The standard InChI is InChI=1S/C18H16Br2N4O/c1-10-16(9-17(21)22-10)11-3-2-4-14(5-11)23-18(25)24-15-7-12(19)6-13(20)8-15/h2-8H,9H2,1H3,(H2,21,22)(H2,23,24,25). The maximum Gasteiger partial charge on any atom is 0.323 e. The van der Waals surface area contributed by atoms with Gasteiger partial charge in [-0.1, -0.05) is 44.0 Å². The molecule has 0 spiro atoms. The molecule has 4 N–H and O–H groups in total. The molecule has 25 heavy (non-hydrogen) atoms. The molecule has 2 amide bonds. The number of nitrogens with zero attached hydrogens (tertiary/aromatic N) is 1. The van der Waals surface area contributed by atoms with Crippen LogP contribution < -0.4 is 16.4 Å². The summed E-state index contributed by atoms with van der Waals surface area (Å²) in [5, 5.41) is 5.66. The molecule has 0 atom stereocenters. The lowest BCUT2D eigenvalue weighted by Crippen LogP contribution is -2.19. The van der Waals surface area contributed by atoms with E-state index in [4.69, 9.17) is 5.73 Å². The number of amides is 2. The fraction of sp³-hybridized carbons (Fsp3) is 0.111. The van der Waals surface area contributed by atoms with Crippen LogP contribution in [0.25, 0.3) is 5.57 Å². The van der Waals surface area contributed by atoms with Crippen molar-refractivity contribution in [2.45, 2.75) is 13.3 Å². The lowest BCUT2D eigenvalue weighted by atomic mass is 10.0. The molecule has 2 aromatic rings. The Morgan fingerprint density at radius 3 is 2.40 bits per heavy atom. The van der Waals surface area contributed by atoms with Gasteiger partial charge >= 0.3 is 6.03 Å². The van der Waals surface area contributed by atoms with Gasteiger partial charge < -0.3 is 16.4 Å². The number of allylic oxidation sites excluding steroid dienone is 1. The average Bonchev–Trinajstić information content (AvgIpc) is 2.85. The second-order valence-electron chi connectivity index (χ2n) is 5.66. The van der Waals surface area contributed by atoms with Crippen LogP contribution in [0.5, 0.6) is 0 Å². The number of anilines is 2. The Kier molecular flexibility index (Phi) is 5.24. The van der Waals surface area contributed by atoms with Gasteiger partial charge in [-0.3, -0.25) is 0 Å². The Hall–Kier alpha value is -2.12. The number of amidine groups is 1. The number of urea groups is 1. The van der Waals surface area contributed by atoms with Gasteiger partial charge in [-0.05, 0) is 48.4 Å². The van der Waals surface area contributed by atoms with E-state index in [1.165, 1.54) is 0 Å². The van der Waals surface area contributed by atoms with Gasteiger partial charge in [-0.25, -0.2) is 9.79 Å². The molecule has 0 bridgehead atoms. The van der Waals surface area contributed by atoms with Crippen molar-refractivity contribution in [1.29, 1.82) is 0 Å². The smallest absolute Gasteiger partial charge is 0.323 e. The number of hydrogen-bond donors (Lipinski definition) is 3. The van der Waals surface area contributed by atoms with Gasteiger partial charge in [-0.2, -0.15) is 0 Å². The summed E-state index contributed by atoms with van der Waals surface area (Å²) in [4.78, 5) is 16.5. The lowest BCUT2D eigenvalue weighted by Gasteiger charge is -2.10. The number of rotatable bonds is 3. The molecule has 128 valence electrons. The quantitative estimate of drug-likeness (QED) is 0.573. The maximum atomic E-state index is 12.2. The first kappa shape index (κ1) is 17.7. The van der Waals surface area contributed by atoms with E-state index >= 15 is 0 Å². The van der Waals surface area contributed by atoms with Crippen molar-refractivity contribution < 1.29 is 4.79 Å². The number of halogens is 2. The summed E-state index contributed by atoms with van der Waals surface area (Å²) >= 11 is 6.80. The molecule has 7 heteroatoms.